The van der Waals surface area contributed by atoms with Gasteiger partial charge in [0.05, 0.1) is 4.92 Å². The van der Waals surface area contributed by atoms with Gasteiger partial charge in [0.1, 0.15) is 0 Å². The molecule has 0 unspecified atom stereocenters. The first-order valence-electron chi connectivity index (χ1n) is 4.36. The lowest BCUT2D eigenvalue weighted by atomic mass is 10.2. The third kappa shape index (κ3) is 2.17. The fourth-order valence-corrected chi connectivity index (χ4v) is 2.10. The Morgan fingerprint density at radius 3 is 2.69 bits per heavy atom. The van der Waals surface area contributed by atoms with Crippen molar-refractivity contribution in [2.45, 2.75) is 0 Å². The number of hydrogen-bond acceptors (Lipinski definition) is 2. The molecule has 1 aromatic heterocycles. The maximum Gasteiger partial charge on any atom is 0.235 e. The highest BCUT2D eigenvalue weighted by atomic mass is 79.9. The van der Waals surface area contributed by atoms with Crippen molar-refractivity contribution in [3.05, 3.63) is 49.2 Å². The zero-order chi connectivity index (χ0) is 11.7. The van der Waals surface area contributed by atoms with Crippen LogP contribution < -0.4 is 0 Å². The van der Waals surface area contributed by atoms with E-state index in [1.54, 1.807) is 6.20 Å². The van der Waals surface area contributed by atoms with Gasteiger partial charge in [0.2, 0.25) is 6.20 Å². The SMILES string of the molecule is O=[N+]([O-])/C=C/c1c[nH]c2cc(Br)c(Br)cc12. The minimum absolute atomic E-state index is 0.479. The van der Waals surface area contributed by atoms with Crippen LogP contribution in [0.25, 0.3) is 17.0 Å². The van der Waals surface area contributed by atoms with Crippen LogP contribution in [0.3, 0.4) is 0 Å². The number of H-pyrrole nitrogens is 1. The van der Waals surface area contributed by atoms with Gasteiger partial charge in [-0.15, -0.1) is 0 Å². The van der Waals surface area contributed by atoms with Crippen LogP contribution in [-0.4, -0.2) is 9.91 Å². The van der Waals surface area contributed by atoms with E-state index in [9.17, 15) is 10.1 Å². The zero-order valence-corrected chi connectivity index (χ0v) is 11.1. The predicted molar refractivity (Wildman–Crippen MR) is 69.7 cm³/mol. The number of halogens is 2. The molecule has 6 heteroatoms. The number of nitrogens with zero attached hydrogens (tertiary/aromatic N) is 1. The number of fused-ring (bicyclic) bond motifs is 1. The highest BCUT2D eigenvalue weighted by Crippen LogP contribution is 2.30. The third-order valence-corrected chi connectivity index (χ3v) is 3.97. The van der Waals surface area contributed by atoms with E-state index < -0.39 is 4.92 Å². The predicted octanol–water partition coefficient (Wildman–Crippen LogP) is 3.94. The summed E-state index contributed by atoms with van der Waals surface area (Å²) in [5.74, 6) is 0. The van der Waals surface area contributed by atoms with Crippen molar-refractivity contribution in [1.29, 1.82) is 0 Å². The van der Waals surface area contributed by atoms with E-state index in [1.165, 1.54) is 6.08 Å². The molecule has 2 aromatic rings. The summed E-state index contributed by atoms with van der Waals surface area (Å²) in [6.07, 6.45) is 4.14. The normalized spacial score (nSPS) is 11.4. The molecular weight excluding hydrogens is 340 g/mol. The van der Waals surface area contributed by atoms with Crippen LogP contribution in [0.1, 0.15) is 5.56 Å². The summed E-state index contributed by atoms with van der Waals surface area (Å²) in [5.41, 5.74) is 1.72. The van der Waals surface area contributed by atoms with Gasteiger partial charge in [-0.05, 0) is 44.0 Å². The zero-order valence-electron chi connectivity index (χ0n) is 7.91. The molecule has 0 radical (unpaired) electrons. The van der Waals surface area contributed by atoms with E-state index in [4.69, 9.17) is 0 Å². The summed E-state index contributed by atoms with van der Waals surface area (Å²) in [4.78, 5) is 12.8. The van der Waals surface area contributed by atoms with Crippen molar-refractivity contribution in [1.82, 2.24) is 4.98 Å². The van der Waals surface area contributed by atoms with Gasteiger partial charge in [0, 0.05) is 37.7 Å². The molecule has 0 aliphatic carbocycles. The average molecular weight is 346 g/mol. The second kappa shape index (κ2) is 4.39. The topological polar surface area (TPSA) is 58.9 Å². The van der Waals surface area contributed by atoms with Crippen molar-refractivity contribution >= 4 is 48.8 Å². The van der Waals surface area contributed by atoms with Crippen LogP contribution in [0.15, 0.2) is 33.5 Å². The van der Waals surface area contributed by atoms with Crippen LogP contribution >= 0.6 is 31.9 Å². The molecule has 0 saturated carbocycles. The molecule has 1 aromatic carbocycles. The maximum absolute atomic E-state index is 10.2. The highest BCUT2D eigenvalue weighted by molar-refractivity contribution is 9.13. The Balaban J connectivity index is 2.56. The molecule has 0 bridgehead atoms. The maximum atomic E-state index is 10.2. The number of rotatable bonds is 2. The van der Waals surface area contributed by atoms with Gasteiger partial charge in [-0.25, -0.2) is 0 Å². The van der Waals surface area contributed by atoms with Gasteiger partial charge >= 0.3 is 0 Å². The van der Waals surface area contributed by atoms with Gasteiger partial charge in [0.15, 0.2) is 0 Å². The number of benzene rings is 1. The molecule has 0 saturated heterocycles. The van der Waals surface area contributed by atoms with E-state index in [0.717, 1.165) is 31.6 Å². The summed E-state index contributed by atoms with van der Waals surface area (Å²) in [7, 11) is 0. The minimum atomic E-state index is -0.479. The Kier molecular flexibility index (Phi) is 3.11. The summed E-state index contributed by atoms with van der Waals surface area (Å²) < 4.78 is 1.85. The minimum Gasteiger partial charge on any atom is -0.361 e. The number of nitrogens with one attached hydrogen (secondary N) is 1. The van der Waals surface area contributed by atoms with E-state index in [2.05, 4.69) is 36.8 Å². The molecule has 4 nitrogen and oxygen atoms in total. The molecule has 1 N–H and O–H groups in total. The van der Waals surface area contributed by atoms with Gasteiger partial charge in [-0.3, -0.25) is 10.1 Å². The first kappa shape index (κ1) is 11.3. The Hall–Kier alpha value is -1.14. The number of nitro groups is 1. The van der Waals surface area contributed by atoms with Gasteiger partial charge < -0.3 is 4.98 Å². The molecule has 2 rings (SSSR count). The monoisotopic (exact) mass is 344 g/mol. The number of hydrogen-bond donors (Lipinski definition) is 1. The van der Waals surface area contributed by atoms with Crippen molar-refractivity contribution < 1.29 is 4.92 Å². The Bertz CT molecular complexity index is 590. The molecule has 0 aliphatic heterocycles. The van der Waals surface area contributed by atoms with E-state index in [1.807, 2.05) is 12.1 Å². The first-order valence-corrected chi connectivity index (χ1v) is 5.94. The standard InChI is InChI=1S/C10H6Br2N2O2/c11-8-3-7-6(1-2-14(15)16)5-13-10(7)4-9(8)12/h1-5,13H/b2-1+. The highest BCUT2D eigenvalue weighted by Gasteiger charge is 2.05. The second-order valence-electron chi connectivity index (χ2n) is 3.16. The van der Waals surface area contributed by atoms with Gasteiger partial charge in [-0.2, -0.15) is 0 Å². The van der Waals surface area contributed by atoms with Crippen molar-refractivity contribution in [3.8, 4) is 0 Å². The Morgan fingerprint density at radius 2 is 2.00 bits per heavy atom. The van der Waals surface area contributed by atoms with Crippen molar-refractivity contribution in [3.63, 3.8) is 0 Å². The van der Waals surface area contributed by atoms with Crippen molar-refractivity contribution in [2.75, 3.05) is 0 Å². The molecule has 1 heterocycles. The third-order valence-electron chi connectivity index (χ3n) is 2.13. The largest absolute Gasteiger partial charge is 0.361 e. The fraction of sp³-hybridized carbons (Fsp3) is 0. The molecule has 0 spiro atoms. The van der Waals surface area contributed by atoms with Crippen LogP contribution in [-0.2, 0) is 0 Å². The lowest BCUT2D eigenvalue weighted by molar-refractivity contribution is -0.400. The molecule has 0 atom stereocenters. The smallest absolute Gasteiger partial charge is 0.235 e. The second-order valence-corrected chi connectivity index (χ2v) is 4.87. The van der Waals surface area contributed by atoms with Crippen LogP contribution in [0, 0.1) is 10.1 Å². The number of aromatic amines is 1. The first-order chi connectivity index (χ1) is 7.58. The lowest BCUT2D eigenvalue weighted by Gasteiger charge is -1.97. The summed E-state index contributed by atoms with van der Waals surface area (Å²) in [5, 5.41) is 11.2. The van der Waals surface area contributed by atoms with Crippen molar-refractivity contribution in [2.24, 2.45) is 0 Å². The summed E-state index contributed by atoms with van der Waals surface area (Å²) >= 11 is 6.79. The fourth-order valence-electron chi connectivity index (χ4n) is 1.42. The Labute approximate surface area is 108 Å². The van der Waals surface area contributed by atoms with E-state index >= 15 is 0 Å². The molecule has 82 valence electrons. The number of aromatic nitrogens is 1. The average Bonchev–Trinajstić information content (AvgIpc) is 2.58. The lowest BCUT2D eigenvalue weighted by Crippen LogP contribution is -1.81. The Morgan fingerprint density at radius 1 is 1.31 bits per heavy atom. The molecule has 16 heavy (non-hydrogen) atoms. The molecule has 0 aliphatic rings. The van der Waals surface area contributed by atoms with Gasteiger partial charge in [0.25, 0.3) is 0 Å². The summed E-state index contributed by atoms with van der Waals surface area (Å²) in [6.45, 7) is 0. The van der Waals surface area contributed by atoms with Crippen LogP contribution in [0.4, 0.5) is 0 Å². The van der Waals surface area contributed by atoms with E-state index in [-0.39, 0.29) is 0 Å². The summed E-state index contributed by atoms with van der Waals surface area (Å²) in [6, 6.07) is 3.83. The molecule has 0 amide bonds. The molecular formula is C10H6Br2N2O2. The van der Waals surface area contributed by atoms with Crippen LogP contribution in [0.5, 0.6) is 0 Å². The van der Waals surface area contributed by atoms with E-state index in [0.29, 0.717) is 0 Å². The van der Waals surface area contributed by atoms with Gasteiger partial charge in [-0.1, -0.05) is 0 Å². The molecule has 0 fully saturated rings. The van der Waals surface area contributed by atoms with Crippen LogP contribution in [0.2, 0.25) is 0 Å². The quantitative estimate of drug-likeness (QED) is 0.662.